The zero-order valence-electron chi connectivity index (χ0n) is 10.3. The molecule has 0 unspecified atom stereocenters. The first-order valence-corrected chi connectivity index (χ1v) is 6.38. The molecule has 0 atom stereocenters. The fourth-order valence-corrected chi connectivity index (χ4v) is 1.95. The maximum absolute atomic E-state index is 11.5. The summed E-state index contributed by atoms with van der Waals surface area (Å²) in [7, 11) is 1.56. The highest BCUT2D eigenvalue weighted by atomic mass is 35.5. The molecule has 0 bridgehead atoms. The molecule has 2 aromatic rings. The third-order valence-corrected chi connectivity index (χ3v) is 3.12. The van der Waals surface area contributed by atoms with Gasteiger partial charge in [-0.25, -0.2) is 14.6 Å². The molecular formula is C12H12ClN5O. The van der Waals surface area contributed by atoms with E-state index in [1.807, 2.05) is 0 Å². The number of aromatic nitrogens is 4. The molecule has 2 heterocycles. The molecular weight excluding hydrogens is 266 g/mol. The van der Waals surface area contributed by atoms with Crippen LogP contribution in [0, 0.1) is 0 Å². The molecule has 1 N–H and O–H groups in total. The first kappa shape index (κ1) is 12.1. The van der Waals surface area contributed by atoms with Crippen molar-refractivity contribution in [3.05, 3.63) is 35.0 Å². The van der Waals surface area contributed by atoms with Crippen LogP contribution >= 0.6 is 11.6 Å². The maximum atomic E-state index is 11.5. The number of hydrogen-bond donors (Lipinski definition) is 1. The lowest BCUT2D eigenvalue weighted by molar-refractivity contribution is 0.0957. The van der Waals surface area contributed by atoms with Crippen LogP contribution in [-0.4, -0.2) is 32.7 Å². The summed E-state index contributed by atoms with van der Waals surface area (Å²) in [4.78, 5) is 20.1. The molecule has 1 aliphatic carbocycles. The Morgan fingerprint density at radius 1 is 1.47 bits per heavy atom. The van der Waals surface area contributed by atoms with E-state index in [1.165, 1.54) is 4.68 Å². The summed E-state index contributed by atoms with van der Waals surface area (Å²) in [6, 6.07) is 3.26. The number of rotatable bonds is 3. The Morgan fingerprint density at radius 2 is 2.26 bits per heavy atom. The molecule has 1 amide bonds. The topological polar surface area (TPSA) is 72.7 Å². The zero-order chi connectivity index (χ0) is 13.4. The molecule has 3 rings (SSSR count). The van der Waals surface area contributed by atoms with Crippen molar-refractivity contribution in [1.29, 1.82) is 0 Å². The summed E-state index contributed by atoms with van der Waals surface area (Å²) < 4.78 is 1.53. The Kier molecular flexibility index (Phi) is 2.94. The van der Waals surface area contributed by atoms with Crippen LogP contribution in [0.4, 0.5) is 0 Å². The number of hydrogen-bond acceptors (Lipinski definition) is 4. The van der Waals surface area contributed by atoms with Gasteiger partial charge in [-0.15, -0.1) is 0 Å². The highest BCUT2D eigenvalue weighted by Gasteiger charge is 2.27. The molecule has 7 heteroatoms. The van der Waals surface area contributed by atoms with E-state index in [2.05, 4.69) is 20.4 Å². The highest BCUT2D eigenvalue weighted by Crippen LogP contribution is 2.38. The normalized spacial score (nSPS) is 14.4. The molecule has 0 aliphatic heterocycles. The lowest BCUT2D eigenvalue weighted by atomic mass is 10.4. The Balaban J connectivity index is 1.97. The second-order valence-electron chi connectivity index (χ2n) is 4.41. The summed E-state index contributed by atoms with van der Waals surface area (Å²) >= 11 is 6.00. The third-order valence-electron chi connectivity index (χ3n) is 2.92. The smallest absolute Gasteiger partial charge is 0.271 e. The van der Waals surface area contributed by atoms with Gasteiger partial charge >= 0.3 is 0 Å². The predicted molar refractivity (Wildman–Crippen MR) is 69.5 cm³/mol. The van der Waals surface area contributed by atoms with Crippen LogP contribution in [0.3, 0.4) is 0 Å². The number of nitrogens with zero attached hydrogens (tertiary/aromatic N) is 4. The van der Waals surface area contributed by atoms with E-state index in [4.69, 9.17) is 11.6 Å². The van der Waals surface area contributed by atoms with Crippen LogP contribution in [0.25, 0.3) is 5.82 Å². The first-order chi connectivity index (χ1) is 9.17. The average molecular weight is 278 g/mol. The number of carbonyl (C=O) groups excluding carboxylic acids is 1. The number of amides is 1. The van der Waals surface area contributed by atoms with Crippen molar-refractivity contribution in [1.82, 2.24) is 25.1 Å². The summed E-state index contributed by atoms with van der Waals surface area (Å²) in [6.07, 6.45) is 3.88. The second kappa shape index (κ2) is 4.62. The fourth-order valence-electron chi connectivity index (χ4n) is 1.77. The average Bonchev–Trinajstić information content (AvgIpc) is 3.14. The van der Waals surface area contributed by atoms with Crippen LogP contribution in [0.15, 0.2) is 18.3 Å². The standard InChI is InChI=1S/C12H12ClN5O/c1-14-12(19)8-4-5-18(17-8)10-6-9(13)15-11(16-10)7-2-3-7/h4-7H,2-3H2,1H3,(H,14,19). The molecule has 2 aromatic heterocycles. The van der Waals surface area contributed by atoms with Crippen molar-refractivity contribution in [3.8, 4) is 5.82 Å². The van der Waals surface area contributed by atoms with E-state index in [9.17, 15) is 4.79 Å². The van der Waals surface area contributed by atoms with Gasteiger partial charge in [0.2, 0.25) is 0 Å². The summed E-state index contributed by atoms with van der Waals surface area (Å²) in [6.45, 7) is 0. The van der Waals surface area contributed by atoms with Gasteiger partial charge in [0, 0.05) is 25.2 Å². The van der Waals surface area contributed by atoms with Crippen molar-refractivity contribution >= 4 is 17.5 Å². The number of halogens is 1. The van der Waals surface area contributed by atoms with Crippen LogP contribution in [0.5, 0.6) is 0 Å². The predicted octanol–water partition coefficient (Wildman–Crippen LogP) is 1.55. The van der Waals surface area contributed by atoms with Gasteiger partial charge in [-0.1, -0.05) is 11.6 Å². The van der Waals surface area contributed by atoms with E-state index in [1.54, 1.807) is 25.4 Å². The molecule has 6 nitrogen and oxygen atoms in total. The van der Waals surface area contributed by atoms with Gasteiger partial charge < -0.3 is 5.32 Å². The number of carbonyl (C=O) groups is 1. The first-order valence-electron chi connectivity index (χ1n) is 6.00. The van der Waals surface area contributed by atoms with Gasteiger partial charge in [-0.3, -0.25) is 4.79 Å². The monoisotopic (exact) mass is 277 g/mol. The lowest BCUT2D eigenvalue weighted by Gasteiger charge is -2.04. The van der Waals surface area contributed by atoms with Gasteiger partial charge in [-0.05, 0) is 18.9 Å². The van der Waals surface area contributed by atoms with Gasteiger partial charge in [0.25, 0.3) is 5.91 Å². The SMILES string of the molecule is CNC(=O)c1ccn(-c2cc(Cl)nc(C3CC3)n2)n1. The van der Waals surface area contributed by atoms with Crippen molar-refractivity contribution in [2.75, 3.05) is 7.05 Å². The van der Waals surface area contributed by atoms with Crippen LogP contribution in [0.1, 0.15) is 35.1 Å². The minimum atomic E-state index is -0.235. The quantitative estimate of drug-likeness (QED) is 0.864. The van der Waals surface area contributed by atoms with Crippen molar-refractivity contribution in [3.63, 3.8) is 0 Å². The maximum Gasteiger partial charge on any atom is 0.271 e. The van der Waals surface area contributed by atoms with E-state index in [0.29, 0.717) is 22.6 Å². The minimum absolute atomic E-state index is 0.235. The summed E-state index contributed by atoms with van der Waals surface area (Å²) in [5.74, 6) is 1.50. The van der Waals surface area contributed by atoms with Crippen molar-refractivity contribution in [2.45, 2.75) is 18.8 Å². The molecule has 1 saturated carbocycles. The minimum Gasteiger partial charge on any atom is -0.354 e. The molecule has 1 aliphatic rings. The molecule has 1 fully saturated rings. The van der Waals surface area contributed by atoms with Crippen molar-refractivity contribution in [2.24, 2.45) is 0 Å². The molecule has 0 radical (unpaired) electrons. The Labute approximate surface area is 114 Å². The van der Waals surface area contributed by atoms with E-state index >= 15 is 0 Å². The zero-order valence-corrected chi connectivity index (χ0v) is 11.1. The summed E-state index contributed by atoms with van der Waals surface area (Å²) in [5.41, 5.74) is 0.338. The van der Waals surface area contributed by atoms with Crippen LogP contribution < -0.4 is 5.32 Å². The van der Waals surface area contributed by atoms with E-state index in [-0.39, 0.29) is 5.91 Å². The number of nitrogens with one attached hydrogen (secondary N) is 1. The van der Waals surface area contributed by atoms with Gasteiger partial charge in [-0.2, -0.15) is 5.10 Å². The van der Waals surface area contributed by atoms with E-state index in [0.717, 1.165) is 18.7 Å². The van der Waals surface area contributed by atoms with Gasteiger partial charge in [0.05, 0.1) is 0 Å². The second-order valence-corrected chi connectivity index (χ2v) is 4.79. The molecule has 19 heavy (non-hydrogen) atoms. The lowest BCUT2D eigenvalue weighted by Crippen LogP contribution is -2.18. The van der Waals surface area contributed by atoms with Gasteiger partial charge in [0.1, 0.15) is 11.0 Å². The molecule has 98 valence electrons. The molecule has 0 aromatic carbocycles. The van der Waals surface area contributed by atoms with E-state index < -0.39 is 0 Å². The Hall–Kier alpha value is -1.95. The molecule has 0 spiro atoms. The third kappa shape index (κ3) is 2.44. The van der Waals surface area contributed by atoms with Gasteiger partial charge in [0.15, 0.2) is 11.5 Å². The largest absolute Gasteiger partial charge is 0.354 e. The Bertz CT molecular complexity index is 635. The van der Waals surface area contributed by atoms with Crippen molar-refractivity contribution < 1.29 is 4.79 Å². The highest BCUT2D eigenvalue weighted by molar-refractivity contribution is 6.29. The van der Waals surface area contributed by atoms with Crippen LogP contribution in [-0.2, 0) is 0 Å². The summed E-state index contributed by atoms with van der Waals surface area (Å²) in [5, 5.41) is 7.08. The van der Waals surface area contributed by atoms with Crippen LogP contribution in [0.2, 0.25) is 5.15 Å². The Morgan fingerprint density at radius 3 is 2.95 bits per heavy atom. The molecule has 0 saturated heterocycles. The fraction of sp³-hybridized carbons (Fsp3) is 0.333.